The normalized spacial score (nSPS) is 18.0. The SMILES string of the molecule is CCCC1c2cc(NC(=N)c3cccs3)ccc2CCN1C. The molecule has 22 heavy (non-hydrogen) atoms. The third kappa shape index (κ3) is 3.08. The molecule has 0 amide bonds. The second kappa shape index (κ2) is 6.63. The molecule has 1 aliphatic heterocycles. The van der Waals surface area contributed by atoms with Gasteiger partial charge in [-0.1, -0.05) is 25.5 Å². The molecule has 2 N–H and O–H groups in total. The molecule has 1 aromatic heterocycles. The molecule has 0 saturated heterocycles. The molecule has 4 heteroatoms. The van der Waals surface area contributed by atoms with Crippen molar-refractivity contribution in [1.82, 2.24) is 4.90 Å². The van der Waals surface area contributed by atoms with Crippen molar-refractivity contribution in [2.75, 3.05) is 18.9 Å². The van der Waals surface area contributed by atoms with E-state index < -0.39 is 0 Å². The lowest BCUT2D eigenvalue weighted by Gasteiger charge is -2.35. The molecule has 1 aromatic carbocycles. The minimum atomic E-state index is 0.478. The number of hydrogen-bond donors (Lipinski definition) is 2. The van der Waals surface area contributed by atoms with E-state index in [0.29, 0.717) is 11.9 Å². The van der Waals surface area contributed by atoms with Gasteiger partial charge in [0.15, 0.2) is 0 Å². The molecule has 3 nitrogen and oxygen atoms in total. The summed E-state index contributed by atoms with van der Waals surface area (Å²) in [4.78, 5) is 3.43. The quantitative estimate of drug-likeness (QED) is 0.643. The largest absolute Gasteiger partial charge is 0.340 e. The summed E-state index contributed by atoms with van der Waals surface area (Å²) < 4.78 is 0. The van der Waals surface area contributed by atoms with Crippen LogP contribution in [0.2, 0.25) is 0 Å². The number of likely N-dealkylation sites (N-methyl/N-ethyl adjacent to an activating group) is 1. The molecule has 0 spiro atoms. The van der Waals surface area contributed by atoms with Gasteiger partial charge in [0, 0.05) is 18.3 Å². The second-order valence-electron chi connectivity index (χ2n) is 5.93. The molecule has 0 fully saturated rings. The van der Waals surface area contributed by atoms with Crippen molar-refractivity contribution in [3.63, 3.8) is 0 Å². The Kier molecular flexibility index (Phi) is 4.60. The smallest absolute Gasteiger partial charge is 0.140 e. The van der Waals surface area contributed by atoms with E-state index in [2.05, 4.69) is 42.4 Å². The van der Waals surface area contributed by atoms with Gasteiger partial charge >= 0.3 is 0 Å². The second-order valence-corrected chi connectivity index (χ2v) is 6.87. The number of benzene rings is 1. The Morgan fingerprint density at radius 2 is 2.27 bits per heavy atom. The maximum atomic E-state index is 8.18. The highest BCUT2D eigenvalue weighted by molar-refractivity contribution is 7.12. The van der Waals surface area contributed by atoms with Crippen LogP contribution >= 0.6 is 11.3 Å². The number of thiophene rings is 1. The number of nitrogens with zero attached hydrogens (tertiary/aromatic N) is 1. The Hall–Kier alpha value is -1.65. The third-order valence-corrected chi connectivity index (χ3v) is 5.26. The van der Waals surface area contributed by atoms with Gasteiger partial charge in [0.1, 0.15) is 5.84 Å². The molecule has 3 rings (SSSR count). The van der Waals surface area contributed by atoms with Gasteiger partial charge in [0.05, 0.1) is 4.88 Å². The van der Waals surface area contributed by atoms with E-state index in [1.165, 1.54) is 24.0 Å². The molecule has 2 aromatic rings. The predicted octanol–water partition coefficient (Wildman–Crippen LogP) is 4.51. The lowest BCUT2D eigenvalue weighted by molar-refractivity contribution is 0.218. The van der Waals surface area contributed by atoms with Gasteiger partial charge in [-0.25, -0.2) is 0 Å². The molecule has 1 aliphatic rings. The van der Waals surface area contributed by atoms with Crippen LogP contribution in [-0.4, -0.2) is 24.3 Å². The zero-order chi connectivity index (χ0) is 15.5. The van der Waals surface area contributed by atoms with E-state index in [-0.39, 0.29) is 0 Å². The van der Waals surface area contributed by atoms with Crippen LogP contribution in [0.1, 0.15) is 41.8 Å². The molecule has 116 valence electrons. The molecule has 0 aliphatic carbocycles. The minimum Gasteiger partial charge on any atom is -0.340 e. The molecule has 0 radical (unpaired) electrons. The maximum Gasteiger partial charge on any atom is 0.140 e. The Morgan fingerprint density at radius 3 is 3.00 bits per heavy atom. The Labute approximate surface area is 136 Å². The minimum absolute atomic E-state index is 0.478. The van der Waals surface area contributed by atoms with Crippen molar-refractivity contribution < 1.29 is 0 Å². The van der Waals surface area contributed by atoms with Gasteiger partial charge in [-0.2, -0.15) is 0 Å². The first-order valence-corrected chi connectivity index (χ1v) is 8.79. The van der Waals surface area contributed by atoms with Crippen LogP contribution in [0.5, 0.6) is 0 Å². The first-order valence-electron chi connectivity index (χ1n) is 7.91. The van der Waals surface area contributed by atoms with Crippen molar-refractivity contribution in [3.05, 3.63) is 51.7 Å². The van der Waals surface area contributed by atoms with Crippen molar-refractivity contribution >= 4 is 22.9 Å². The molecule has 0 bridgehead atoms. The number of nitrogens with one attached hydrogen (secondary N) is 2. The van der Waals surface area contributed by atoms with Gasteiger partial charge in [-0.15, -0.1) is 11.3 Å². The van der Waals surface area contributed by atoms with E-state index in [1.54, 1.807) is 11.3 Å². The molecule has 2 heterocycles. The van der Waals surface area contributed by atoms with Crippen molar-refractivity contribution in [2.45, 2.75) is 32.2 Å². The van der Waals surface area contributed by atoms with Crippen LogP contribution in [0, 0.1) is 5.41 Å². The molecule has 0 saturated carbocycles. The Bertz CT molecular complexity index is 648. The highest BCUT2D eigenvalue weighted by Crippen LogP contribution is 2.33. The topological polar surface area (TPSA) is 39.1 Å². The first kappa shape index (κ1) is 15.3. The zero-order valence-corrected chi connectivity index (χ0v) is 14.0. The summed E-state index contributed by atoms with van der Waals surface area (Å²) in [7, 11) is 2.22. The molecule has 1 unspecified atom stereocenters. The summed E-state index contributed by atoms with van der Waals surface area (Å²) in [6.45, 7) is 3.38. The lowest BCUT2D eigenvalue weighted by Crippen LogP contribution is -2.32. The van der Waals surface area contributed by atoms with Crippen LogP contribution in [0.15, 0.2) is 35.7 Å². The first-order chi connectivity index (χ1) is 10.7. The Balaban J connectivity index is 1.84. The van der Waals surface area contributed by atoms with Gasteiger partial charge in [-0.05, 0) is 54.6 Å². The number of anilines is 1. The summed E-state index contributed by atoms with van der Waals surface area (Å²) in [5.41, 5.74) is 3.91. The van der Waals surface area contributed by atoms with E-state index >= 15 is 0 Å². The highest BCUT2D eigenvalue weighted by atomic mass is 32.1. The number of fused-ring (bicyclic) bond motifs is 1. The van der Waals surface area contributed by atoms with Gasteiger partial charge in [-0.3, -0.25) is 10.3 Å². The molecular weight excluding hydrogens is 290 g/mol. The van der Waals surface area contributed by atoms with Crippen LogP contribution in [-0.2, 0) is 6.42 Å². The Morgan fingerprint density at radius 1 is 1.41 bits per heavy atom. The van der Waals surface area contributed by atoms with Gasteiger partial charge in [0.25, 0.3) is 0 Å². The fourth-order valence-electron chi connectivity index (χ4n) is 3.18. The highest BCUT2D eigenvalue weighted by Gasteiger charge is 2.24. The van der Waals surface area contributed by atoms with Crippen molar-refractivity contribution in [3.8, 4) is 0 Å². The maximum absolute atomic E-state index is 8.18. The van der Waals surface area contributed by atoms with E-state index in [1.807, 2.05) is 17.5 Å². The van der Waals surface area contributed by atoms with Crippen LogP contribution in [0.3, 0.4) is 0 Å². The summed E-state index contributed by atoms with van der Waals surface area (Å²) in [6.07, 6.45) is 3.50. The van der Waals surface area contributed by atoms with Crippen LogP contribution < -0.4 is 5.32 Å². The van der Waals surface area contributed by atoms with E-state index in [9.17, 15) is 0 Å². The van der Waals surface area contributed by atoms with E-state index in [4.69, 9.17) is 5.41 Å². The number of rotatable bonds is 4. The molecule has 1 atom stereocenters. The van der Waals surface area contributed by atoms with Crippen LogP contribution in [0.4, 0.5) is 5.69 Å². The van der Waals surface area contributed by atoms with Gasteiger partial charge < -0.3 is 5.32 Å². The van der Waals surface area contributed by atoms with Crippen molar-refractivity contribution in [2.24, 2.45) is 0 Å². The fraction of sp³-hybridized carbons (Fsp3) is 0.389. The van der Waals surface area contributed by atoms with Crippen molar-refractivity contribution in [1.29, 1.82) is 5.41 Å². The zero-order valence-electron chi connectivity index (χ0n) is 13.2. The standard InChI is InChI=1S/C18H23N3S/c1-3-5-16-15-12-14(8-7-13(15)9-10-21(16)2)20-18(19)17-6-4-11-22-17/h4,6-8,11-12,16H,3,5,9-10H2,1-2H3,(H2,19,20). The third-order valence-electron chi connectivity index (χ3n) is 4.37. The average Bonchev–Trinajstić information content (AvgIpc) is 3.05. The number of hydrogen-bond acceptors (Lipinski definition) is 3. The lowest BCUT2D eigenvalue weighted by atomic mass is 9.90. The monoisotopic (exact) mass is 313 g/mol. The van der Waals surface area contributed by atoms with Crippen LogP contribution in [0.25, 0.3) is 0 Å². The van der Waals surface area contributed by atoms with E-state index in [0.717, 1.165) is 23.5 Å². The molecular formula is C18H23N3S. The summed E-state index contributed by atoms with van der Waals surface area (Å²) in [5, 5.41) is 13.4. The van der Waals surface area contributed by atoms with Gasteiger partial charge in [0.2, 0.25) is 0 Å². The average molecular weight is 313 g/mol. The summed E-state index contributed by atoms with van der Waals surface area (Å²) >= 11 is 1.59. The summed E-state index contributed by atoms with van der Waals surface area (Å²) in [6, 6.07) is 11.0. The number of amidine groups is 1. The fourth-order valence-corrected chi connectivity index (χ4v) is 3.81. The summed E-state index contributed by atoms with van der Waals surface area (Å²) in [5.74, 6) is 0.478. The predicted molar refractivity (Wildman–Crippen MR) is 95.2 cm³/mol.